The van der Waals surface area contributed by atoms with Crippen LogP contribution >= 0.6 is 22.7 Å². The van der Waals surface area contributed by atoms with Crippen LogP contribution < -0.4 is 10.6 Å². The topological polar surface area (TPSA) is 74.2 Å². The Labute approximate surface area is 132 Å². The number of amides is 2. The minimum Gasteiger partial charge on any atom is -0.383 e. The van der Waals surface area contributed by atoms with Crippen molar-refractivity contribution in [2.75, 3.05) is 11.9 Å². The monoisotopic (exact) mass is 325 g/mol. The van der Waals surface area contributed by atoms with Crippen LogP contribution in [0.3, 0.4) is 0 Å². The fourth-order valence-electron chi connectivity index (χ4n) is 1.79. The van der Waals surface area contributed by atoms with Gasteiger partial charge in [-0.05, 0) is 24.8 Å². The van der Waals surface area contributed by atoms with Crippen LogP contribution in [0.2, 0.25) is 0 Å². The van der Waals surface area contributed by atoms with Gasteiger partial charge in [0.25, 0.3) is 0 Å². The fraction of sp³-hybridized carbons (Fsp3) is 0.429. The number of nitrogens with zero attached hydrogens (tertiary/aromatic N) is 1. The quantitative estimate of drug-likeness (QED) is 0.763. The van der Waals surface area contributed by atoms with Crippen LogP contribution in [0.25, 0.3) is 0 Å². The summed E-state index contributed by atoms with van der Waals surface area (Å²) >= 11 is 2.94. The predicted octanol–water partition coefficient (Wildman–Crippen LogP) is 3.19. The second kappa shape index (κ2) is 7.02. The molecule has 5 nitrogen and oxygen atoms in total. The Bertz CT molecular complexity index is 579. The highest BCUT2D eigenvalue weighted by Crippen LogP contribution is 2.24. The van der Waals surface area contributed by atoms with Crippen molar-refractivity contribution in [2.24, 2.45) is 0 Å². The molecule has 0 spiro atoms. The first-order valence-corrected chi connectivity index (χ1v) is 8.47. The maximum absolute atomic E-state index is 11.8. The molecule has 0 saturated heterocycles. The molecule has 1 atom stereocenters. The van der Waals surface area contributed by atoms with E-state index in [-0.39, 0.29) is 12.6 Å². The summed E-state index contributed by atoms with van der Waals surface area (Å²) in [5.41, 5.74) is -1.07. The van der Waals surface area contributed by atoms with E-state index in [1.165, 1.54) is 22.7 Å². The summed E-state index contributed by atoms with van der Waals surface area (Å²) in [5.74, 6) is 0. The molecule has 2 aromatic heterocycles. The number of anilines is 1. The first kappa shape index (κ1) is 15.9. The Morgan fingerprint density at radius 2 is 2.33 bits per heavy atom. The lowest BCUT2D eigenvalue weighted by molar-refractivity contribution is 0.0637. The average Bonchev–Trinajstić information content (AvgIpc) is 3.09. The minimum atomic E-state index is -1.07. The molecule has 3 N–H and O–H groups in total. The van der Waals surface area contributed by atoms with Crippen molar-refractivity contribution in [1.82, 2.24) is 10.3 Å². The Morgan fingerprint density at radius 3 is 3.00 bits per heavy atom. The number of carbonyl (C=O) groups excluding carboxylic acids is 1. The molecule has 0 fully saturated rings. The summed E-state index contributed by atoms with van der Waals surface area (Å²) in [6, 6.07) is 3.37. The van der Waals surface area contributed by atoms with Gasteiger partial charge in [0.05, 0.1) is 6.54 Å². The number of thiazole rings is 1. The molecule has 0 aliphatic heterocycles. The van der Waals surface area contributed by atoms with Gasteiger partial charge in [-0.25, -0.2) is 9.78 Å². The van der Waals surface area contributed by atoms with Crippen LogP contribution in [0.4, 0.5) is 9.93 Å². The molecule has 2 aromatic rings. The third-order valence-electron chi connectivity index (χ3n) is 2.92. The number of thiophene rings is 1. The second-order valence-corrected chi connectivity index (χ2v) is 7.00. The van der Waals surface area contributed by atoms with Gasteiger partial charge in [-0.1, -0.05) is 19.4 Å². The Balaban J connectivity index is 1.84. The summed E-state index contributed by atoms with van der Waals surface area (Å²) in [7, 11) is 0. The van der Waals surface area contributed by atoms with E-state index in [2.05, 4.69) is 22.5 Å². The molecule has 0 aliphatic carbocycles. The summed E-state index contributed by atoms with van der Waals surface area (Å²) in [5, 5.41) is 18.2. The maximum Gasteiger partial charge on any atom is 0.321 e. The van der Waals surface area contributed by atoms with Gasteiger partial charge >= 0.3 is 6.03 Å². The molecule has 0 aliphatic rings. The highest BCUT2D eigenvalue weighted by Gasteiger charge is 2.24. The zero-order chi connectivity index (χ0) is 15.3. The van der Waals surface area contributed by atoms with Crippen LogP contribution in [0.15, 0.2) is 23.7 Å². The maximum atomic E-state index is 11.8. The van der Waals surface area contributed by atoms with Gasteiger partial charge in [-0.2, -0.15) is 0 Å². The van der Waals surface area contributed by atoms with Crippen molar-refractivity contribution in [3.05, 3.63) is 33.5 Å². The van der Waals surface area contributed by atoms with Crippen LogP contribution in [-0.4, -0.2) is 22.7 Å². The minimum absolute atomic E-state index is 0.145. The Hall–Kier alpha value is -1.44. The third-order valence-corrected chi connectivity index (χ3v) is 5.01. The smallest absolute Gasteiger partial charge is 0.321 e. The molecule has 0 radical (unpaired) electrons. The van der Waals surface area contributed by atoms with Crippen molar-refractivity contribution in [3.8, 4) is 0 Å². The lowest BCUT2D eigenvalue weighted by Crippen LogP contribution is -2.40. The highest BCUT2D eigenvalue weighted by molar-refractivity contribution is 7.15. The van der Waals surface area contributed by atoms with Gasteiger partial charge in [-0.15, -0.1) is 22.7 Å². The van der Waals surface area contributed by atoms with E-state index in [0.29, 0.717) is 5.13 Å². The van der Waals surface area contributed by atoms with E-state index in [4.69, 9.17) is 0 Å². The largest absolute Gasteiger partial charge is 0.383 e. The molecule has 114 valence electrons. The zero-order valence-electron chi connectivity index (χ0n) is 12.0. The van der Waals surface area contributed by atoms with E-state index >= 15 is 0 Å². The standard InChI is InChI=1S/C14H19N3O2S2/c1-3-5-10-8-15-13(21-10)17-12(18)16-9-14(2,19)11-6-4-7-20-11/h4,6-8,19H,3,5,9H2,1-2H3,(H2,15,16,17,18). The first-order valence-electron chi connectivity index (χ1n) is 6.77. The SMILES string of the molecule is CCCc1cnc(NC(=O)NCC(C)(O)c2cccs2)s1. The number of hydrogen-bond acceptors (Lipinski definition) is 5. The van der Waals surface area contributed by atoms with Crippen LogP contribution in [0, 0.1) is 0 Å². The van der Waals surface area contributed by atoms with Gasteiger partial charge in [-0.3, -0.25) is 5.32 Å². The molecular weight excluding hydrogens is 306 g/mol. The van der Waals surface area contributed by atoms with E-state index in [1.807, 2.05) is 17.5 Å². The molecule has 0 bridgehead atoms. The average molecular weight is 325 g/mol. The number of nitrogens with one attached hydrogen (secondary N) is 2. The van der Waals surface area contributed by atoms with Crippen molar-refractivity contribution >= 4 is 33.8 Å². The lowest BCUT2D eigenvalue weighted by Gasteiger charge is -2.22. The third kappa shape index (κ3) is 4.52. The number of aromatic nitrogens is 1. The fourth-order valence-corrected chi connectivity index (χ4v) is 3.49. The zero-order valence-corrected chi connectivity index (χ0v) is 13.7. The predicted molar refractivity (Wildman–Crippen MR) is 87.0 cm³/mol. The molecule has 0 saturated carbocycles. The van der Waals surface area contributed by atoms with Crippen LogP contribution in [0.5, 0.6) is 0 Å². The molecule has 1 unspecified atom stereocenters. The summed E-state index contributed by atoms with van der Waals surface area (Å²) in [6.45, 7) is 3.93. The van der Waals surface area contributed by atoms with Crippen molar-refractivity contribution in [1.29, 1.82) is 0 Å². The van der Waals surface area contributed by atoms with Crippen molar-refractivity contribution < 1.29 is 9.90 Å². The van der Waals surface area contributed by atoms with Crippen LogP contribution in [0.1, 0.15) is 30.0 Å². The molecule has 2 heterocycles. The highest BCUT2D eigenvalue weighted by atomic mass is 32.1. The van der Waals surface area contributed by atoms with Gasteiger partial charge in [0.1, 0.15) is 5.60 Å². The Kier molecular flexibility index (Phi) is 5.33. The number of aliphatic hydroxyl groups is 1. The van der Waals surface area contributed by atoms with E-state index in [0.717, 1.165) is 22.6 Å². The van der Waals surface area contributed by atoms with Crippen LogP contribution in [-0.2, 0) is 12.0 Å². The number of urea groups is 1. The molecular formula is C14H19N3O2S2. The second-order valence-electron chi connectivity index (χ2n) is 4.94. The van der Waals surface area contributed by atoms with Gasteiger partial charge in [0.15, 0.2) is 5.13 Å². The molecule has 0 aromatic carbocycles. The van der Waals surface area contributed by atoms with Crippen molar-refractivity contribution in [2.45, 2.75) is 32.3 Å². The number of rotatable bonds is 6. The number of aryl methyl sites for hydroxylation is 1. The molecule has 7 heteroatoms. The summed E-state index contributed by atoms with van der Waals surface area (Å²) in [6.07, 6.45) is 3.80. The van der Waals surface area contributed by atoms with E-state index in [1.54, 1.807) is 13.1 Å². The first-order chi connectivity index (χ1) is 10.0. The Morgan fingerprint density at radius 1 is 1.52 bits per heavy atom. The normalized spacial score (nSPS) is 13.7. The molecule has 21 heavy (non-hydrogen) atoms. The number of hydrogen-bond donors (Lipinski definition) is 3. The lowest BCUT2D eigenvalue weighted by atomic mass is 10.1. The van der Waals surface area contributed by atoms with Gasteiger partial charge in [0, 0.05) is 16.0 Å². The van der Waals surface area contributed by atoms with Crippen molar-refractivity contribution in [3.63, 3.8) is 0 Å². The molecule has 2 amide bonds. The van der Waals surface area contributed by atoms with Gasteiger partial charge < -0.3 is 10.4 Å². The summed E-state index contributed by atoms with van der Waals surface area (Å²) in [4.78, 5) is 18.0. The number of carbonyl (C=O) groups is 1. The van der Waals surface area contributed by atoms with E-state index in [9.17, 15) is 9.90 Å². The van der Waals surface area contributed by atoms with Gasteiger partial charge in [0.2, 0.25) is 0 Å². The molecule has 2 rings (SSSR count). The summed E-state index contributed by atoms with van der Waals surface area (Å²) < 4.78 is 0. The van der Waals surface area contributed by atoms with E-state index < -0.39 is 5.60 Å².